The first-order valence-electron chi connectivity index (χ1n) is 17.1. The summed E-state index contributed by atoms with van der Waals surface area (Å²) in [7, 11) is 0. The van der Waals surface area contributed by atoms with E-state index in [0.29, 0.717) is 25.0 Å². The third kappa shape index (κ3) is 15.7. The molecule has 0 amide bonds. The van der Waals surface area contributed by atoms with Gasteiger partial charge in [-0.2, -0.15) is 13.2 Å². The lowest BCUT2D eigenvalue weighted by Crippen LogP contribution is -2.26. The van der Waals surface area contributed by atoms with Crippen LogP contribution in [0.25, 0.3) is 0 Å². The third-order valence-electron chi connectivity index (χ3n) is 7.80. The summed E-state index contributed by atoms with van der Waals surface area (Å²) in [5, 5.41) is 16.1. The lowest BCUT2D eigenvalue weighted by molar-refractivity contribution is -0.192. The lowest BCUT2D eigenvalue weighted by Gasteiger charge is -2.22. The van der Waals surface area contributed by atoms with E-state index in [0.717, 1.165) is 39.9 Å². The van der Waals surface area contributed by atoms with Crippen molar-refractivity contribution >= 4 is 24.2 Å². The predicted molar refractivity (Wildman–Crippen MR) is 196 cm³/mol. The Labute approximate surface area is 313 Å². The SMILES string of the molecule is CC(C(=O)O)c1ccc(Cc2ccc(C=O)nc2)cc1.CCOC(C)c1ccc(Cc2ccc(C(C)C(=O)OC(C)(C)C)cc2)cn1.O=C(O)C(F)(F)F. The molecule has 2 aromatic carbocycles. The second-order valence-electron chi connectivity index (χ2n) is 13.4. The van der Waals surface area contributed by atoms with Gasteiger partial charge in [0.2, 0.25) is 0 Å². The van der Waals surface area contributed by atoms with Gasteiger partial charge < -0.3 is 19.7 Å². The summed E-state index contributed by atoms with van der Waals surface area (Å²) >= 11 is 0. The molecule has 10 nitrogen and oxygen atoms in total. The van der Waals surface area contributed by atoms with Crippen molar-refractivity contribution < 1.29 is 52.0 Å². The molecule has 4 rings (SSSR count). The minimum atomic E-state index is -5.08. The van der Waals surface area contributed by atoms with Crippen LogP contribution in [0.3, 0.4) is 0 Å². The molecule has 0 bridgehead atoms. The number of ether oxygens (including phenoxy) is 2. The predicted octanol–water partition coefficient (Wildman–Crippen LogP) is 8.52. The smallest absolute Gasteiger partial charge is 0.481 e. The van der Waals surface area contributed by atoms with Crippen LogP contribution in [0.2, 0.25) is 0 Å². The van der Waals surface area contributed by atoms with Gasteiger partial charge in [0, 0.05) is 19.0 Å². The van der Waals surface area contributed by atoms with E-state index < -0.39 is 29.6 Å². The van der Waals surface area contributed by atoms with Gasteiger partial charge in [0.15, 0.2) is 6.29 Å². The van der Waals surface area contributed by atoms with Crippen LogP contribution >= 0.6 is 0 Å². The minimum absolute atomic E-state index is 0.0117. The van der Waals surface area contributed by atoms with Crippen LogP contribution in [-0.4, -0.2) is 62.8 Å². The first kappa shape index (κ1) is 44.7. The molecule has 2 N–H and O–H groups in total. The number of carboxylic acids is 2. The highest BCUT2D eigenvalue weighted by atomic mass is 19.4. The summed E-state index contributed by atoms with van der Waals surface area (Å²) in [6.45, 7) is 13.9. The number of aldehydes is 1. The first-order chi connectivity index (χ1) is 25.2. The Bertz CT molecular complexity index is 1790. The number of rotatable bonds is 12. The van der Waals surface area contributed by atoms with E-state index in [2.05, 4.69) is 28.2 Å². The van der Waals surface area contributed by atoms with Gasteiger partial charge in [-0.15, -0.1) is 0 Å². The van der Waals surface area contributed by atoms with Crippen LogP contribution in [0, 0.1) is 0 Å². The van der Waals surface area contributed by atoms with Gasteiger partial charge >= 0.3 is 24.1 Å². The number of carbonyl (C=O) groups is 4. The molecular weight excluding hydrogens is 705 g/mol. The highest BCUT2D eigenvalue weighted by molar-refractivity contribution is 5.78. The van der Waals surface area contributed by atoms with E-state index in [4.69, 9.17) is 24.5 Å². The molecule has 2 aromatic heterocycles. The number of alkyl halides is 3. The van der Waals surface area contributed by atoms with Crippen molar-refractivity contribution in [2.24, 2.45) is 0 Å². The molecule has 0 aliphatic carbocycles. The number of halogens is 3. The Kier molecular flexibility index (Phi) is 17.2. The number of aromatic nitrogens is 2. The highest BCUT2D eigenvalue weighted by Crippen LogP contribution is 2.23. The quantitative estimate of drug-likeness (QED) is 0.106. The van der Waals surface area contributed by atoms with E-state index in [1.807, 2.05) is 96.3 Å². The summed E-state index contributed by atoms with van der Waals surface area (Å²) in [5.74, 6) is -4.56. The van der Waals surface area contributed by atoms with Crippen LogP contribution in [0.5, 0.6) is 0 Å². The molecule has 290 valence electrons. The standard InChI is InChI=1S/C23H31NO3.C16H15NO3.C2HF3O2/c1-7-26-17(3)21-13-10-19(15-24-21)14-18-8-11-20(12-9-18)16(2)22(25)27-23(4,5)6;1-11(16(19)20)14-5-2-12(3-6-14)8-13-4-7-15(10-18)17-9-13;3-2(4,5)1(6)7/h8-13,15-17H,7,14H2,1-6H3;2-7,9-11H,8H2,1H3,(H,19,20);(H,6,7). The van der Waals surface area contributed by atoms with Crippen molar-refractivity contribution in [3.05, 3.63) is 130 Å². The van der Waals surface area contributed by atoms with E-state index in [1.54, 1.807) is 19.2 Å². The fourth-order valence-electron chi connectivity index (χ4n) is 4.72. The Morgan fingerprint density at radius 2 is 1.17 bits per heavy atom. The van der Waals surface area contributed by atoms with Crippen molar-refractivity contribution in [2.45, 2.75) is 91.0 Å². The Morgan fingerprint density at radius 3 is 1.52 bits per heavy atom. The number of nitrogens with zero attached hydrogens (tertiary/aromatic N) is 2. The van der Waals surface area contributed by atoms with Crippen molar-refractivity contribution in [2.75, 3.05) is 6.61 Å². The van der Waals surface area contributed by atoms with Crippen LogP contribution in [0.1, 0.15) is 116 Å². The van der Waals surface area contributed by atoms with Crippen LogP contribution < -0.4 is 0 Å². The Hall–Kier alpha value is -5.43. The zero-order valence-corrected chi connectivity index (χ0v) is 31.4. The zero-order valence-electron chi connectivity index (χ0n) is 31.4. The molecule has 0 spiro atoms. The number of hydrogen-bond acceptors (Lipinski definition) is 8. The van der Waals surface area contributed by atoms with Gasteiger partial charge in [0.1, 0.15) is 11.3 Å². The molecule has 2 heterocycles. The van der Waals surface area contributed by atoms with Gasteiger partial charge in [-0.3, -0.25) is 24.4 Å². The lowest BCUT2D eigenvalue weighted by atomic mass is 9.97. The summed E-state index contributed by atoms with van der Waals surface area (Å²) in [6.07, 6.45) is 0.731. The number of carbonyl (C=O) groups excluding carboxylic acids is 2. The average molecular weight is 753 g/mol. The molecule has 0 saturated heterocycles. The first-order valence-corrected chi connectivity index (χ1v) is 17.1. The molecule has 4 aromatic rings. The summed E-state index contributed by atoms with van der Waals surface area (Å²) in [6, 6.07) is 23.3. The largest absolute Gasteiger partial charge is 0.490 e. The molecule has 0 aliphatic heterocycles. The highest BCUT2D eigenvalue weighted by Gasteiger charge is 2.38. The second-order valence-corrected chi connectivity index (χ2v) is 13.4. The zero-order chi connectivity index (χ0) is 40.6. The van der Waals surface area contributed by atoms with Gasteiger partial charge in [-0.05, 0) is 107 Å². The molecule has 0 aliphatic rings. The van der Waals surface area contributed by atoms with Gasteiger partial charge in [-0.25, -0.2) is 4.79 Å². The molecule has 0 fully saturated rings. The van der Waals surface area contributed by atoms with Crippen molar-refractivity contribution in [3.8, 4) is 0 Å². The number of carboxylic acid groups (broad SMARTS) is 2. The molecule has 3 unspecified atom stereocenters. The monoisotopic (exact) mass is 752 g/mol. The number of pyridine rings is 2. The normalized spacial score (nSPS) is 12.8. The Morgan fingerprint density at radius 1 is 0.722 bits per heavy atom. The fourth-order valence-corrected chi connectivity index (χ4v) is 4.72. The number of aliphatic carboxylic acids is 2. The molecule has 54 heavy (non-hydrogen) atoms. The maximum atomic E-state index is 12.2. The molecule has 3 atom stereocenters. The fraction of sp³-hybridized carbons (Fsp3) is 0.366. The van der Waals surface area contributed by atoms with Gasteiger partial charge in [-0.1, -0.05) is 60.7 Å². The van der Waals surface area contributed by atoms with Crippen LogP contribution in [0.15, 0.2) is 85.2 Å². The van der Waals surface area contributed by atoms with E-state index >= 15 is 0 Å². The van der Waals surface area contributed by atoms with E-state index in [1.165, 1.54) is 5.56 Å². The topological polar surface area (TPSA) is 153 Å². The summed E-state index contributed by atoms with van der Waals surface area (Å²) < 4.78 is 42.8. The molecule has 0 radical (unpaired) electrons. The average Bonchev–Trinajstić information content (AvgIpc) is 3.12. The van der Waals surface area contributed by atoms with E-state index in [9.17, 15) is 27.6 Å². The molecule has 0 saturated carbocycles. The second kappa shape index (κ2) is 20.7. The Balaban J connectivity index is 0.000000327. The molecule has 13 heteroatoms. The van der Waals surface area contributed by atoms with E-state index in [-0.39, 0.29) is 18.0 Å². The summed E-state index contributed by atoms with van der Waals surface area (Å²) in [4.78, 5) is 51.1. The molecular formula is C41H47F3N2O8. The van der Waals surface area contributed by atoms with Crippen molar-refractivity contribution in [1.82, 2.24) is 9.97 Å². The number of hydrogen-bond donors (Lipinski definition) is 2. The number of esters is 1. The van der Waals surface area contributed by atoms with Crippen LogP contribution in [0.4, 0.5) is 13.2 Å². The maximum Gasteiger partial charge on any atom is 0.490 e. The van der Waals surface area contributed by atoms with Gasteiger partial charge in [0.05, 0.1) is 23.6 Å². The third-order valence-corrected chi connectivity index (χ3v) is 7.80. The van der Waals surface area contributed by atoms with Crippen LogP contribution in [-0.2, 0) is 36.7 Å². The van der Waals surface area contributed by atoms with Crippen molar-refractivity contribution in [3.63, 3.8) is 0 Å². The van der Waals surface area contributed by atoms with Crippen molar-refractivity contribution in [1.29, 1.82) is 0 Å². The number of benzene rings is 2. The minimum Gasteiger partial charge on any atom is -0.481 e. The maximum absolute atomic E-state index is 12.2. The van der Waals surface area contributed by atoms with Gasteiger partial charge in [0.25, 0.3) is 0 Å². The summed E-state index contributed by atoms with van der Waals surface area (Å²) in [5.41, 5.74) is 7.06.